The average Bonchev–Trinajstić information content (AvgIpc) is 2.92. The van der Waals surface area contributed by atoms with Gasteiger partial charge < -0.3 is 14.4 Å². The van der Waals surface area contributed by atoms with E-state index < -0.39 is 0 Å². The molecule has 0 unspecified atom stereocenters. The first-order chi connectivity index (χ1) is 9.08. The van der Waals surface area contributed by atoms with Crippen LogP contribution in [0.1, 0.15) is 11.4 Å². The van der Waals surface area contributed by atoms with E-state index in [1.165, 1.54) is 0 Å². The highest BCUT2D eigenvalue weighted by Crippen LogP contribution is 2.17. The van der Waals surface area contributed by atoms with E-state index in [0.717, 1.165) is 16.0 Å². The summed E-state index contributed by atoms with van der Waals surface area (Å²) in [5, 5.41) is 0. The second-order valence-corrected chi connectivity index (χ2v) is 5.12. The van der Waals surface area contributed by atoms with E-state index in [-0.39, 0.29) is 11.2 Å². The van der Waals surface area contributed by atoms with E-state index in [0.29, 0.717) is 11.9 Å². The molecule has 3 rings (SSSR count). The van der Waals surface area contributed by atoms with Crippen LogP contribution in [0.15, 0.2) is 38.7 Å². The van der Waals surface area contributed by atoms with Gasteiger partial charge in [0.15, 0.2) is 0 Å². The van der Waals surface area contributed by atoms with Crippen molar-refractivity contribution in [3.8, 4) is 0 Å². The molecule has 2 N–H and O–H groups in total. The average molecular weight is 323 g/mol. The van der Waals surface area contributed by atoms with Crippen molar-refractivity contribution in [2.24, 2.45) is 7.05 Å². The van der Waals surface area contributed by atoms with Crippen LogP contribution in [0.4, 0.5) is 0 Å². The molecule has 0 radical (unpaired) electrons. The molecule has 3 aromatic heterocycles. The molecule has 0 aliphatic carbocycles. The number of nitrogens with one attached hydrogen (secondary N) is 2. The van der Waals surface area contributed by atoms with Crippen LogP contribution in [0.5, 0.6) is 0 Å². The summed E-state index contributed by atoms with van der Waals surface area (Å²) in [6, 6.07) is 3.58. The summed E-state index contributed by atoms with van der Waals surface area (Å²) in [6.45, 7) is 0. The summed E-state index contributed by atoms with van der Waals surface area (Å²) in [5.74, 6) is 0. The molecular weight excluding hydrogens is 312 g/mol. The third-order valence-electron chi connectivity index (χ3n) is 3.18. The van der Waals surface area contributed by atoms with Gasteiger partial charge in [-0.15, -0.1) is 0 Å². The second-order valence-electron chi connectivity index (χ2n) is 4.31. The predicted molar refractivity (Wildman–Crippen MR) is 74.6 cm³/mol. The number of H-pyrrole nitrogens is 2. The fourth-order valence-corrected chi connectivity index (χ4v) is 2.67. The van der Waals surface area contributed by atoms with Gasteiger partial charge in [0.1, 0.15) is 5.52 Å². The topological polar surface area (TPSA) is 75.1 Å². The van der Waals surface area contributed by atoms with Crippen molar-refractivity contribution in [1.82, 2.24) is 18.9 Å². The molecule has 0 saturated heterocycles. The smallest absolute Gasteiger partial charge is 0.325 e. The van der Waals surface area contributed by atoms with Crippen LogP contribution < -0.4 is 11.2 Å². The molecule has 3 aromatic rings. The minimum atomic E-state index is -0.151. The molecule has 6 nitrogen and oxygen atoms in total. The molecule has 19 heavy (non-hydrogen) atoms. The van der Waals surface area contributed by atoms with Crippen LogP contribution >= 0.6 is 15.9 Å². The summed E-state index contributed by atoms with van der Waals surface area (Å²) >= 11 is 3.42. The number of aromatic nitrogens is 4. The molecule has 0 atom stereocenters. The first-order valence-electron chi connectivity index (χ1n) is 5.68. The van der Waals surface area contributed by atoms with Crippen LogP contribution in [0.2, 0.25) is 0 Å². The zero-order chi connectivity index (χ0) is 13.6. The molecule has 0 saturated carbocycles. The molecule has 98 valence electrons. The van der Waals surface area contributed by atoms with E-state index in [2.05, 4.69) is 25.9 Å². The Morgan fingerprint density at radius 2 is 1.89 bits per heavy atom. The van der Waals surface area contributed by atoms with Gasteiger partial charge in [0.05, 0.1) is 4.60 Å². The second kappa shape index (κ2) is 4.27. The Kier molecular flexibility index (Phi) is 2.70. The van der Waals surface area contributed by atoms with Crippen molar-refractivity contribution in [3.63, 3.8) is 0 Å². The molecule has 7 heteroatoms. The third kappa shape index (κ3) is 1.86. The highest BCUT2D eigenvalue weighted by atomic mass is 79.9. The number of hydrogen-bond donors (Lipinski definition) is 2. The number of rotatable bonds is 2. The van der Waals surface area contributed by atoms with Crippen molar-refractivity contribution < 1.29 is 0 Å². The molecule has 3 heterocycles. The molecule has 0 aromatic carbocycles. The maximum absolute atomic E-state index is 11.7. The maximum Gasteiger partial charge on any atom is 0.325 e. The van der Waals surface area contributed by atoms with E-state index in [4.69, 9.17) is 0 Å². The third-order valence-corrected chi connectivity index (χ3v) is 3.80. The van der Waals surface area contributed by atoms with Crippen molar-refractivity contribution in [1.29, 1.82) is 0 Å². The first-order valence-corrected chi connectivity index (χ1v) is 6.48. The van der Waals surface area contributed by atoms with Crippen molar-refractivity contribution in [3.05, 3.63) is 61.4 Å². The summed E-state index contributed by atoms with van der Waals surface area (Å²) in [5.41, 5.74) is 2.02. The Balaban J connectivity index is 2.19. The van der Waals surface area contributed by atoms with Crippen molar-refractivity contribution in [2.75, 3.05) is 0 Å². The van der Waals surface area contributed by atoms with Crippen LogP contribution in [-0.2, 0) is 13.5 Å². The summed E-state index contributed by atoms with van der Waals surface area (Å²) in [4.78, 5) is 28.5. The first kappa shape index (κ1) is 12.0. The lowest BCUT2D eigenvalue weighted by Gasteiger charge is -2.07. The molecule has 0 aliphatic rings. The van der Waals surface area contributed by atoms with Gasteiger partial charge in [0.2, 0.25) is 0 Å². The number of hydrogen-bond acceptors (Lipinski definition) is 2. The Hall–Kier alpha value is -2.02. The molecule has 0 spiro atoms. The monoisotopic (exact) mass is 322 g/mol. The van der Waals surface area contributed by atoms with Gasteiger partial charge in [-0.05, 0) is 28.1 Å². The lowest BCUT2D eigenvalue weighted by Crippen LogP contribution is -2.16. The number of aromatic amines is 2. The normalized spacial score (nSPS) is 11.3. The SMILES string of the molecule is Cn1c(Cc2c[nH]c(=O)c3ccc(Br)n23)c[nH]c1=O. The Morgan fingerprint density at radius 3 is 2.58 bits per heavy atom. The fraction of sp³-hybridized carbons (Fsp3) is 0.167. The van der Waals surface area contributed by atoms with Gasteiger partial charge in [-0.25, -0.2) is 4.79 Å². The van der Waals surface area contributed by atoms with Crippen molar-refractivity contribution in [2.45, 2.75) is 6.42 Å². The van der Waals surface area contributed by atoms with Crippen molar-refractivity contribution >= 4 is 21.4 Å². The zero-order valence-corrected chi connectivity index (χ0v) is 11.7. The van der Waals surface area contributed by atoms with Gasteiger partial charge in [-0.1, -0.05) is 0 Å². The zero-order valence-electron chi connectivity index (χ0n) is 10.1. The van der Waals surface area contributed by atoms with Crippen LogP contribution in [0.25, 0.3) is 5.52 Å². The standard InChI is InChI=1S/C12H11BrN4O2/c1-16-7(5-15-12(16)19)4-8-6-14-11(18)9-2-3-10(13)17(8)9/h2-3,5-6H,4H2,1H3,(H,14,18)(H,15,19). The summed E-state index contributed by atoms with van der Waals surface area (Å²) in [6.07, 6.45) is 3.88. The highest BCUT2D eigenvalue weighted by molar-refractivity contribution is 9.10. The van der Waals surface area contributed by atoms with Gasteiger partial charge in [0.25, 0.3) is 5.56 Å². The van der Waals surface area contributed by atoms with Crippen LogP contribution in [0.3, 0.4) is 0 Å². The maximum atomic E-state index is 11.7. The van der Waals surface area contributed by atoms with E-state index >= 15 is 0 Å². The number of nitrogens with zero attached hydrogens (tertiary/aromatic N) is 2. The van der Waals surface area contributed by atoms with Crippen LogP contribution in [0, 0.1) is 0 Å². The molecule has 0 aliphatic heterocycles. The van der Waals surface area contributed by atoms with Gasteiger partial charge in [-0.3, -0.25) is 9.36 Å². The molecule has 0 bridgehead atoms. The Labute approximate surface area is 115 Å². The fourth-order valence-electron chi connectivity index (χ4n) is 2.12. The van der Waals surface area contributed by atoms with Gasteiger partial charge >= 0.3 is 5.69 Å². The quantitative estimate of drug-likeness (QED) is 0.738. The summed E-state index contributed by atoms with van der Waals surface area (Å²) in [7, 11) is 1.71. The Bertz CT molecular complexity index is 868. The van der Waals surface area contributed by atoms with Gasteiger partial charge in [-0.2, -0.15) is 0 Å². The molecule has 0 fully saturated rings. The largest absolute Gasteiger partial charge is 0.326 e. The van der Waals surface area contributed by atoms with E-state index in [1.807, 2.05) is 10.5 Å². The van der Waals surface area contributed by atoms with E-state index in [9.17, 15) is 9.59 Å². The van der Waals surface area contributed by atoms with Gasteiger partial charge in [0, 0.05) is 37.3 Å². The molecule has 0 amide bonds. The number of halogens is 1. The van der Waals surface area contributed by atoms with E-state index in [1.54, 1.807) is 30.1 Å². The minimum absolute atomic E-state index is 0.141. The number of imidazole rings is 1. The molecular formula is C12H11BrN4O2. The Morgan fingerprint density at radius 1 is 1.16 bits per heavy atom. The predicted octanol–water partition coefficient (Wildman–Crippen LogP) is 1.01. The lowest BCUT2D eigenvalue weighted by atomic mass is 10.2. The van der Waals surface area contributed by atoms with Crippen LogP contribution in [-0.4, -0.2) is 18.9 Å². The lowest BCUT2D eigenvalue weighted by molar-refractivity contribution is 0.793. The highest BCUT2D eigenvalue weighted by Gasteiger charge is 2.10. The minimum Gasteiger partial charge on any atom is -0.326 e. The summed E-state index contributed by atoms with van der Waals surface area (Å²) < 4.78 is 4.19. The number of fused-ring (bicyclic) bond motifs is 1.